The fourth-order valence-electron chi connectivity index (χ4n) is 3.24. The Morgan fingerprint density at radius 1 is 1.13 bits per heavy atom. The lowest BCUT2D eigenvalue weighted by Crippen LogP contribution is -2.30. The van der Waals surface area contributed by atoms with Crippen molar-refractivity contribution in [2.45, 2.75) is 33.7 Å². The number of rotatable bonds is 2. The van der Waals surface area contributed by atoms with Gasteiger partial charge >= 0.3 is 0 Å². The smallest absolute Gasteiger partial charge is 0.221 e. The molecule has 0 unspecified atom stereocenters. The van der Waals surface area contributed by atoms with Crippen LogP contribution in [-0.4, -0.2) is 12.5 Å². The second-order valence-corrected chi connectivity index (χ2v) is 6.22. The van der Waals surface area contributed by atoms with Crippen LogP contribution < -0.4 is 10.2 Å². The predicted octanol–water partition coefficient (Wildman–Crippen LogP) is 3.96. The van der Waals surface area contributed by atoms with Gasteiger partial charge in [0, 0.05) is 31.4 Å². The molecule has 0 spiro atoms. The zero-order chi connectivity index (χ0) is 16.6. The second kappa shape index (κ2) is 6.03. The summed E-state index contributed by atoms with van der Waals surface area (Å²) in [6.07, 6.45) is 0.846. The number of hydrogen-bond donors (Lipinski definition) is 1. The lowest BCUT2D eigenvalue weighted by molar-refractivity contribution is -0.114. The van der Waals surface area contributed by atoms with E-state index in [1.807, 2.05) is 19.9 Å². The summed E-state index contributed by atoms with van der Waals surface area (Å²) in [5.41, 5.74) is 6.42. The van der Waals surface area contributed by atoms with Gasteiger partial charge in [-0.05, 0) is 66.8 Å². The summed E-state index contributed by atoms with van der Waals surface area (Å²) in [4.78, 5) is 13.6. The van der Waals surface area contributed by atoms with E-state index in [1.54, 1.807) is 6.07 Å². The average molecular weight is 312 g/mol. The van der Waals surface area contributed by atoms with Crippen molar-refractivity contribution in [1.29, 1.82) is 0 Å². The molecule has 0 aromatic heterocycles. The maximum atomic E-state index is 13.3. The van der Waals surface area contributed by atoms with Crippen LogP contribution in [-0.2, 0) is 17.8 Å². The van der Waals surface area contributed by atoms with Crippen LogP contribution >= 0.6 is 0 Å². The highest BCUT2D eigenvalue weighted by atomic mass is 19.1. The second-order valence-electron chi connectivity index (χ2n) is 6.22. The molecule has 2 aromatic rings. The quantitative estimate of drug-likeness (QED) is 0.910. The highest BCUT2D eigenvalue weighted by Crippen LogP contribution is 2.30. The van der Waals surface area contributed by atoms with E-state index in [1.165, 1.54) is 18.6 Å². The van der Waals surface area contributed by atoms with Crippen molar-refractivity contribution >= 4 is 17.3 Å². The Labute approximate surface area is 136 Å². The van der Waals surface area contributed by atoms with Gasteiger partial charge in [0.2, 0.25) is 5.91 Å². The van der Waals surface area contributed by atoms with Crippen molar-refractivity contribution < 1.29 is 9.18 Å². The van der Waals surface area contributed by atoms with Crippen molar-refractivity contribution in [1.82, 2.24) is 0 Å². The normalized spacial score (nSPS) is 13.7. The van der Waals surface area contributed by atoms with E-state index < -0.39 is 0 Å². The van der Waals surface area contributed by atoms with Crippen molar-refractivity contribution in [3.63, 3.8) is 0 Å². The van der Waals surface area contributed by atoms with Crippen LogP contribution in [0.2, 0.25) is 0 Å². The zero-order valence-corrected chi connectivity index (χ0v) is 13.7. The molecule has 3 nitrogen and oxygen atoms in total. The molecule has 0 saturated heterocycles. The van der Waals surface area contributed by atoms with E-state index >= 15 is 0 Å². The topological polar surface area (TPSA) is 32.3 Å². The molecule has 0 atom stereocenters. The number of amides is 1. The standard InChI is InChI=1S/C19H21FN2O/c1-12-8-18(9-13(2)19(12)21-14(3)23)22-7-6-15-10-17(20)5-4-16(15)11-22/h4-5,8-10H,6-7,11H2,1-3H3,(H,21,23). The fraction of sp³-hybridized carbons (Fsp3) is 0.316. The van der Waals surface area contributed by atoms with Crippen LogP contribution in [0.3, 0.4) is 0 Å². The number of anilines is 2. The van der Waals surface area contributed by atoms with E-state index in [2.05, 4.69) is 22.3 Å². The molecular formula is C19H21FN2O. The molecule has 1 heterocycles. The van der Waals surface area contributed by atoms with Crippen LogP contribution in [0, 0.1) is 19.7 Å². The van der Waals surface area contributed by atoms with Crippen LogP contribution in [0.5, 0.6) is 0 Å². The Morgan fingerprint density at radius 3 is 2.48 bits per heavy atom. The van der Waals surface area contributed by atoms with E-state index in [9.17, 15) is 9.18 Å². The van der Waals surface area contributed by atoms with Crippen molar-refractivity contribution in [2.24, 2.45) is 0 Å². The summed E-state index contributed by atoms with van der Waals surface area (Å²) in [6, 6.07) is 9.25. The number of nitrogens with zero attached hydrogens (tertiary/aromatic N) is 1. The van der Waals surface area contributed by atoms with Gasteiger partial charge in [0.15, 0.2) is 0 Å². The molecule has 2 aromatic carbocycles. The van der Waals surface area contributed by atoms with Crippen LogP contribution in [0.25, 0.3) is 0 Å². The number of carbonyl (C=O) groups excluding carboxylic acids is 1. The van der Waals surface area contributed by atoms with Gasteiger partial charge < -0.3 is 10.2 Å². The third-order valence-electron chi connectivity index (χ3n) is 4.36. The Kier molecular flexibility index (Phi) is 4.07. The third kappa shape index (κ3) is 3.21. The number of hydrogen-bond acceptors (Lipinski definition) is 2. The summed E-state index contributed by atoms with van der Waals surface area (Å²) >= 11 is 0. The lowest BCUT2D eigenvalue weighted by Gasteiger charge is -2.31. The molecule has 1 N–H and O–H groups in total. The van der Waals surface area contributed by atoms with Gasteiger partial charge in [-0.3, -0.25) is 4.79 Å². The molecule has 23 heavy (non-hydrogen) atoms. The van der Waals surface area contributed by atoms with E-state index in [0.29, 0.717) is 0 Å². The largest absolute Gasteiger partial charge is 0.367 e. The molecule has 1 amide bonds. The van der Waals surface area contributed by atoms with E-state index in [-0.39, 0.29) is 11.7 Å². The number of carbonyl (C=O) groups is 1. The molecule has 120 valence electrons. The van der Waals surface area contributed by atoms with Gasteiger partial charge in [0.25, 0.3) is 0 Å². The third-order valence-corrected chi connectivity index (χ3v) is 4.36. The molecule has 0 bridgehead atoms. The first-order chi connectivity index (χ1) is 10.9. The minimum Gasteiger partial charge on any atom is -0.367 e. The minimum absolute atomic E-state index is 0.0575. The SMILES string of the molecule is CC(=O)Nc1c(C)cc(N2CCc3cc(F)ccc3C2)cc1C. The van der Waals surface area contributed by atoms with Gasteiger partial charge in [0.1, 0.15) is 5.82 Å². The first kappa shape index (κ1) is 15.5. The molecule has 3 rings (SSSR count). The van der Waals surface area contributed by atoms with E-state index in [4.69, 9.17) is 0 Å². The number of benzene rings is 2. The monoisotopic (exact) mass is 312 g/mol. The van der Waals surface area contributed by atoms with Crippen molar-refractivity contribution in [3.8, 4) is 0 Å². The molecule has 0 radical (unpaired) electrons. The summed E-state index contributed by atoms with van der Waals surface area (Å²) in [6.45, 7) is 7.19. The van der Waals surface area contributed by atoms with Crippen molar-refractivity contribution in [2.75, 3.05) is 16.8 Å². The molecule has 1 aliphatic rings. The molecular weight excluding hydrogens is 291 g/mol. The predicted molar refractivity (Wildman–Crippen MR) is 91.4 cm³/mol. The highest BCUT2D eigenvalue weighted by molar-refractivity contribution is 5.91. The summed E-state index contributed by atoms with van der Waals surface area (Å²) < 4.78 is 13.3. The van der Waals surface area contributed by atoms with Crippen LogP contribution in [0.4, 0.5) is 15.8 Å². The molecule has 1 aliphatic heterocycles. The number of nitrogens with one attached hydrogen (secondary N) is 1. The number of halogens is 1. The highest BCUT2D eigenvalue weighted by Gasteiger charge is 2.18. The molecule has 0 aliphatic carbocycles. The van der Waals surface area contributed by atoms with Crippen molar-refractivity contribution in [3.05, 3.63) is 58.4 Å². The van der Waals surface area contributed by atoms with Crippen LogP contribution in [0.1, 0.15) is 29.2 Å². The Hall–Kier alpha value is -2.36. The van der Waals surface area contributed by atoms with Gasteiger partial charge in [-0.25, -0.2) is 4.39 Å². The van der Waals surface area contributed by atoms with Gasteiger partial charge in [0.05, 0.1) is 0 Å². The number of aryl methyl sites for hydroxylation is 2. The molecule has 4 heteroatoms. The lowest BCUT2D eigenvalue weighted by atomic mass is 9.98. The zero-order valence-electron chi connectivity index (χ0n) is 13.7. The Balaban J connectivity index is 1.88. The minimum atomic E-state index is -0.163. The summed E-state index contributed by atoms with van der Waals surface area (Å²) in [7, 11) is 0. The first-order valence-electron chi connectivity index (χ1n) is 7.85. The van der Waals surface area contributed by atoms with Crippen LogP contribution in [0.15, 0.2) is 30.3 Å². The average Bonchev–Trinajstić information content (AvgIpc) is 2.50. The summed E-state index contributed by atoms with van der Waals surface area (Å²) in [5.74, 6) is -0.221. The first-order valence-corrected chi connectivity index (χ1v) is 7.85. The van der Waals surface area contributed by atoms with Gasteiger partial charge in [-0.1, -0.05) is 6.07 Å². The number of fused-ring (bicyclic) bond motifs is 1. The molecule has 0 saturated carbocycles. The fourth-order valence-corrected chi connectivity index (χ4v) is 3.24. The Morgan fingerprint density at radius 2 is 1.83 bits per heavy atom. The van der Waals surface area contributed by atoms with Gasteiger partial charge in [-0.15, -0.1) is 0 Å². The van der Waals surface area contributed by atoms with E-state index in [0.717, 1.165) is 47.6 Å². The molecule has 0 fully saturated rings. The maximum Gasteiger partial charge on any atom is 0.221 e. The van der Waals surface area contributed by atoms with Gasteiger partial charge in [-0.2, -0.15) is 0 Å². The Bertz CT molecular complexity index is 747. The maximum absolute atomic E-state index is 13.3. The summed E-state index contributed by atoms with van der Waals surface area (Å²) in [5, 5.41) is 2.89.